The van der Waals surface area contributed by atoms with Gasteiger partial charge in [-0.15, -0.1) is 0 Å². The van der Waals surface area contributed by atoms with E-state index in [0.717, 1.165) is 78.3 Å². The highest BCUT2D eigenvalue weighted by molar-refractivity contribution is 14.1. The van der Waals surface area contributed by atoms with Crippen molar-refractivity contribution in [3.05, 3.63) is 141 Å². The molecular weight excluding hydrogens is 869 g/mol. The summed E-state index contributed by atoms with van der Waals surface area (Å²) in [5.41, 5.74) is 8.00. The summed E-state index contributed by atoms with van der Waals surface area (Å²) in [6, 6.07) is 35.5. The third-order valence-corrected chi connectivity index (χ3v) is 12.2. The summed E-state index contributed by atoms with van der Waals surface area (Å²) < 4.78 is 52.7. The predicted molar refractivity (Wildman–Crippen MR) is 239 cm³/mol. The van der Waals surface area contributed by atoms with Gasteiger partial charge in [-0.25, -0.2) is 0 Å². The van der Waals surface area contributed by atoms with E-state index in [0.29, 0.717) is 39.9 Å². The Morgan fingerprint density at radius 2 is 1.12 bits per heavy atom. The Labute approximate surface area is 349 Å². The second-order valence-corrected chi connectivity index (χ2v) is 16.9. The molecular formula is C46H45IO8P2. The second kappa shape index (κ2) is 18.2. The highest BCUT2D eigenvalue weighted by Crippen LogP contribution is 2.51. The highest BCUT2D eigenvalue weighted by Gasteiger charge is 2.26. The fraction of sp³-hybridized carbons (Fsp3) is 0.217. The lowest BCUT2D eigenvalue weighted by Crippen LogP contribution is -2.05. The summed E-state index contributed by atoms with van der Waals surface area (Å²) in [6.07, 6.45) is 2.80. The minimum absolute atomic E-state index is 0.621. The predicted octanol–water partition coefficient (Wildman–Crippen LogP) is 14.8. The van der Waals surface area contributed by atoms with Gasteiger partial charge in [0.15, 0.2) is 5.58 Å². The maximum absolute atomic E-state index is 7.02. The molecule has 0 N–H and O–H groups in total. The number of methoxy groups -OCH3 is 2. The van der Waals surface area contributed by atoms with E-state index in [1.165, 1.54) is 0 Å². The molecule has 11 heteroatoms. The Morgan fingerprint density at radius 3 is 1.70 bits per heavy atom. The third-order valence-electron chi connectivity index (χ3n) is 9.36. The topological polar surface area (TPSA) is 81.7 Å². The second-order valence-electron chi connectivity index (χ2n) is 13.8. The Balaban J connectivity index is 1.41. The lowest BCUT2D eigenvalue weighted by atomic mass is 9.95. The molecule has 294 valence electrons. The quantitative estimate of drug-likeness (QED) is 0.0788. The van der Waals surface area contributed by atoms with Crippen LogP contribution in [0.4, 0.5) is 0 Å². The molecule has 0 saturated carbocycles. The fourth-order valence-corrected chi connectivity index (χ4v) is 9.90. The number of hydrogen-bond acceptors (Lipinski definition) is 8. The molecule has 1 unspecified atom stereocenters. The first-order valence-corrected chi connectivity index (χ1v) is 22.0. The van der Waals surface area contributed by atoms with E-state index in [1.54, 1.807) is 14.2 Å². The van der Waals surface area contributed by atoms with Crippen molar-refractivity contribution >= 4 is 61.4 Å². The third kappa shape index (κ3) is 9.33. The van der Waals surface area contributed by atoms with Gasteiger partial charge in [-0.2, -0.15) is 0 Å². The van der Waals surface area contributed by atoms with Crippen LogP contribution in [0.1, 0.15) is 47.6 Å². The number of benzene rings is 6. The highest BCUT2D eigenvalue weighted by atomic mass is 127. The zero-order chi connectivity index (χ0) is 40.1. The van der Waals surface area contributed by atoms with Crippen LogP contribution in [-0.4, -0.2) is 14.2 Å². The van der Waals surface area contributed by atoms with Crippen LogP contribution >= 0.6 is 39.4 Å². The minimum Gasteiger partial charge on any atom is -0.497 e. The first-order chi connectivity index (χ1) is 27.6. The molecule has 7 aromatic rings. The van der Waals surface area contributed by atoms with Crippen LogP contribution in [0.2, 0.25) is 0 Å². The van der Waals surface area contributed by atoms with Gasteiger partial charge >= 0.3 is 16.8 Å². The standard InChI is InChI=1S/C46H45IO8P2/c1-8-9-16-33-25-36(48-6)26-40-41-27-37(49-7)28-42(47)46(41)55-57(54-45(33)40)53-44-32(5)22-30(3)24-39(44)38-23-29(2)21-31(4)43(38)52-56(50-34-17-12-10-13-18-34)51-35-19-14-11-15-20-35/h10-15,17-28H,8-9,16H2,1-7H3. The van der Waals surface area contributed by atoms with Gasteiger partial charge in [0.05, 0.1) is 17.8 Å². The van der Waals surface area contributed by atoms with Crippen molar-refractivity contribution in [3.8, 4) is 45.6 Å². The van der Waals surface area contributed by atoms with E-state index in [9.17, 15) is 0 Å². The molecule has 1 atom stereocenters. The number of fused-ring (bicyclic) bond motifs is 3. The van der Waals surface area contributed by atoms with Crippen LogP contribution in [-0.2, 0) is 6.42 Å². The van der Waals surface area contributed by atoms with Gasteiger partial charge in [0.25, 0.3) is 0 Å². The SMILES string of the molecule is CCCCc1cc(OC)cc2c1op(Oc1c(C)cc(C)cc1-c1cc(C)cc(C)c1OP(Oc1ccccc1)Oc1ccccc1)oc1c(I)cc(OC)cc12. The Bertz CT molecular complexity index is 2520. The molecule has 0 saturated heterocycles. The Hall–Kier alpha value is -4.82. The van der Waals surface area contributed by atoms with Crippen molar-refractivity contribution in [3.63, 3.8) is 0 Å². The average Bonchev–Trinajstić information content (AvgIpc) is 3.36. The number of halogens is 1. The van der Waals surface area contributed by atoms with Crippen LogP contribution < -0.4 is 27.6 Å². The summed E-state index contributed by atoms with van der Waals surface area (Å²) in [6.45, 7) is 10.4. The van der Waals surface area contributed by atoms with Gasteiger partial charge in [0.1, 0.15) is 40.1 Å². The molecule has 0 aliphatic heterocycles. The molecule has 7 rings (SSSR count). The normalized spacial score (nSPS) is 11.5. The van der Waals surface area contributed by atoms with E-state index in [2.05, 4.69) is 67.6 Å². The summed E-state index contributed by atoms with van der Waals surface area (Å²) >= 11 is 2.29. The molecule has 1 heterocycles. The van der Waals surface area contributed by atoms with Gasteiger partial charge < -0.3 is 36.0 Å². The molecule has 6 aromatic carbocycles. The molecule has 8 nitrogen and oxygen atoms in total. The first kappa shape index (κ1) is 40.4. The van der Waals surface area contributed by atoms with Crippen LogP contribution in [0.25, 0.3) is 33.1 Å². The number of aryl methyl sites for hydroxylation is 5. The van der Waals surface area contributed by atoms with Crippen LogP contribution in [0.3, 0.4) is 0 Å². The largest absolute Gasteiger partial charge is 0.530 e. The van der Waals surface area contributed by atoms with Gasteiger partial charge in [-0.05, 0) is 152 Å². The lowest BCUT2D eigenvalue weighted by molar-refractivity contribution is 0.387. The summed E-state index contributed by atoms with van der Waals surface area (Å²) in [7, 11) is -0.641. The lowest BCUT2D eigenvalue weighted by Gasteiger charge is -2.22. The number of hydrogen-bond donors (Lipinski definition) is 0. The van der Waals surface area contributed by atoms with E-state index in [4.69, 9.17) is 36.0 Å². The number of rotatable bonds is 14. The smallest absolute Gasteiger partial charge is 0.497 e. The zero-order valence-corrected chi connectivity index (χ0v) is 37.0. The molecule has 0 spiro atoms. The molecule has 0 radical (unpaired) electrons. The fourth-order valence-electron chi connectivity index (χ4n) is 6.71. The van der Waals surface area contributed by atoms with Crippen LogP contribution in [0.5, 0.6) is 34.5 Å². The minimum atomic E-state index is -2.04. The zero-order valence-electron chi connectivity index (χ0n) is 33.1. The van der Waals surface area contributed by atoms with Gasteiger partial charge in [-0.1, -0.05) is 61.9 Å². The molecule has 57 heavy (non-hydrogen) atoms. The van der Waals surface area contributed by atoms with Gasteiger partial charge in [0.2, 0.25) is 0 Å². The summed E-state index contributed by atoms with van der Waals surface area (Å²) in [5, 5.41) is 1.70. The van der Waals surface area contributed by atoms with E-state index >= 15 is 0 Å². The molecule has 0 fully saturated rings. The molecule has 0 amide bonds. The average molecular weight is 915 g/mol. The molecule has 0 bridgehead atoms. The van der Waals surface area contributed by atoms with Crippen molar-refractivity contribution in [2.24, 2.45) is 0 Å². The van der Waals surface area contributed by atoms with E-state index in [1.807, 2.05) is 98.8 Å². The van der Waals surface area contributed by atoms with Crippen molar-refractivity contribution in [1.29, 1.82) is 0 Å². The summed E-state index contributed by atoms with van der Waals surface area (Å²) in [5.74, 6) is 3.97. The number of para-hydroxylation sites is 2. The van der Waals surface area contributed by atoms with Crippen molar-refractivity contribution in [2.75, 3.05) is 14.2 Å². The summed E-state index contributed by atoms with van der Waals surface area (Å²) in [4.78, 5) is 0. The number of unbranched alkanes of at least 4 members (excludes halogenated alkanes) is 1. The van der Waals surface area contributed by atoms with Crippen molar-refractivity contribution in [2.45, 2.75) is 53.9 Å². The maximum atomic E-state index is 7.02. The van der Waals surface area contributed by atoms with Gasteiger partial charge in [-0.3, -0.25) is 0 Å². The van der Waals surface area contributed by atoms with E-state index in [-0.39, 0.29) is 0 Å². The molecule has 0 aliphatic rings. The Morgan fingerprint density at radius 1 is 0.596 bits per heavy atom. The molecule has 1 aromatic heterocycles. The van der Waals surface area contributed by atoms with Crippen molar-refractivity contribution in [1.82, 2.24) is 0 Å². The Kier molecular flexibility index (Phi) is 12.9. The van der Waals surface area contributed by atoms with Crippen LogP contribution in [0, 0.1) is 31.3 Å². The first-order valence-electron chi connectivity index (χ1n) is 18.7. The maximum Gasteiger partial charge on any atom is 0.530 e. The van der Waals surface area contributed by atoms with Crippen molar-refractivity contribution < 1.29 is 36.0 Å². The monoisotopic (exact) mass is 914 g/mol. The number of ether oxygens (including phenoxy) is 2. The van der Waals surface area contributed by atoms with Crippen LogP contribution in [0.15, 0.2) is 118 Å². The van der Waals surface area contributed by atoms with Gasteiger partial charge in [0, 0.05) is 21.9 Å². The van der Waals surface area contributed by atoms with E-state index < -0.39 is 16.8 Å². The molecule has 0 aliphatic carbocycles.